The van der Waals surface area contributed by atoms with Gasteiger partial charge in [-0.3, -0.25) is 4.98 Å². The maximum absolute atomic E-state index is 5.54. The number of aromatic nitrogens is 3. The Labute approximate surface area is 116 Å². The quantitative estimate of drug-likeness (QED) is 0.788. The summed E-state index contributed by atoms with van der Waals surface area (Å²) < 4.78 is 5.25. The molecule has 2 aromatic heterocycles. The van der Waals surface area contributed by atoms with E-state index in [2.05, 4.69) is 15.1 Å². The highest BCUT2D eigenvalue weighted by atomic mass is 16.5. The molecule has 100 valence electrons. The number of hydrogen-bond acceptors (Lipinski definition) is 5. The van der Waals surface area contributed by atoms with Gasteiger partial charge < -0.3 is 10.3 Å². The van der Waals surface area contributed by atoms with Crippen molar-refractivity contribution in [3.05, 3.63) is 53.7 Å². The minimum absolute atomic E-state index is 0.407. The number of aryl methyl sites for hydroxylation is 1. The van der Waals surface area contributed by atoms with E-state index < -0.39 is 0 Å². The molecule has 5 nitrogen and oxygen atoms in total. The molecular formula is C15H14N4O. The summed E-state index contributed by atoms with van der Waals surface area (Å²) in [5, 5.41) is 3.98. The minimum Gasteiger partial charge on any atom is -0.332 e. The largest absolute Gasteiger partial charge is 0.332 e. The molecule has 0 unspecified atom stereocenters. The molecule has 2 N–H and O–H groups in total. The molecule has 0 radical (unpaired) electrons. The molecule has 0 aliphatic carbocycles. The summed E-state index contributed by atoms with van der Waals surface area (Å²) >= 11 is 0. The maximum atomic E-state index is 5.54. The lowest BCUT2D eigenvalue weighted by Gasteiger charge is -1.96. The number of benzene rings is 1. The average molecular weight is 266 g/mol. The Bertz CT molecular complexity index is 701. The summed E-state index contributed by atoms with van der Waals surface area (Å²) in [5.41, 5.74) is 9.26. The molecule has 5 heteroatoms. The summed E-state index contributed by atoms with van der Waals surface area (Å²) in [7, 11) is 0. The number of hydrogen-bond donors (Lipinski definition) is 1. The maximum Gasteiger partial charge on any atom is 0.276 e. The van der Waals surface area contributed by atoms with Crippen molar-refractivity contribution in [2.24, 2.45) is 5.73 Å². The second-order valence-electron chi connectivity index (χ2n) is 4.54. The fourth-order valence-corrected chi connectivity index (χ4v) is 1.82. The van der Waals surface area contributed by atoms with Gasteiger partial charge in [0.2, 0.25) is 5.82 Å². The van der Waals surface area contributed by atoms with Gasteiger partial charge >= 0.3 is 0 Å². The zero-order chi connectivity index (χ0) is 13.9. The number of pyridine rings is 1. The van der Waals surface area contributed by atoms with Crippen LogP contribution in [0.1, 0.15) is 11.1 Å². The zero-order valence-corrected chi connectivity index (χ0v) is 11.1. The highest BCUT2D eigenvalue weighted by Gasteiger charge is 2.11. The smallest absolute Gasteiger partial charge is 0.276 e. The Morgan fingerprint density at radius 1 is 1.10 bits per heavy atom. The summed E-state index contributed by atoms with van der Waals surface area (Å²) in [5.74, 6) is 0.967. The van der Waals surface area contributed by atoms with Crippen molar-refractivity contribution >= 4 is 0 Å². The number of nitrogens with two attached hydrogens (primary N) is 1. The fourth-order valence-electron chi connectivity index (χ4n) is 1.82. The molecule has 0 bridgehead atoms. The van der Waals surface area contributed by atoms with E-state index in [0.717, 1.165) is 11.1 Å². The van der Waals surface area contributed by atoms with Crippen LogP contribution in [-0.2, 0) is 6.54 Å². The van der Waals surface area contributed by atoms with Gasteiger partial charge in [-0.05, 0) is 18.6 Å². The summed E-state index contributed by atoms with van der Waals surface area (Å²) in [6.07, 6.45) is 1.71. The lowest BCUT2D eigenvalue weighted by Crippen LogP contribution is -1.96. The zero-order valence-electron chi connectivity index (χ0n) is 11.1. The molecule has 20 heavy (non-hydrogen) atoms. The first-order valence-corrected chi connectivity index (χ1v) is 6.32. The van der Waals surface area contributed by atoms with Crippen LogP contribution in [0.2, 0.25) is 0 Å². The Balaban J connectivity index is 1.91. The highest BCUT2D eigenvalue weighted by Crippen LogP contribution is 2.21. The molecule has 2 heterocycles. The summed E-state index contributed by atoms with van der Waals surface area (Å²) in [6, 6.07) is 11.7. The van der Waals surface area contributed by atoms with Crippen molar-refractivity contribution in [3.63, 3.8) is 0 Å². The second kappa shape index (κ2) is 5.22. The molecule has 3 aromatic rings. The first-order valence-electron chi connectivity index (χ1n) is 6.32. The molecule has 3 rings (SSSR count). The Hall–Kier alpha value is -2.53. The van der Waals surface area contributed by atoms with Crippen molar-refractivity contribution in [3.8, 4) is 23.0 Å². The molecular weight excluding hydrogens is 252 g/mol. The van der Waals surface area contributed by atoms with Crippen LogP contribution in [0, 0.1) is 6.92 Å². The van der Waals surface area contributed by atoms with Crippen molar-refractivity contribution < 1.29 is 4.52 Å². The molecule has 0 spiro atoms. The van der Waals surface area contributed by atoms with E-state index in [-0.39, 0.29) is 0 Å². The molecule has 0 saturated carbocycles. The third-order valence-corrected chi connectivity index (χ3v) is 3.02. The summed E-state index contributed by atoms with van der Waals surface area (Å²) in [4.78, 5) is 8.63. The third-order valence-electron chi connectivity index (χ3n) is 3.02. The topological polar surface area (TPSA) is 77.8 Å². The van der Waals surface area contributed by atoms with Gasteiger partial charge in [0.25, 0.3) is 5.89 Å². The van der Waals surface area contributed by atoms with Gasteiger partial charge in [-0.15, -0.1) is 0 Å². The van der Waals surface area contributed by atoms with E-state index in [1.165, 1.54) is 5.56 Å². The van der Waals surface area contributed by atoms with E-state index in [1.54, 1.807) is 6.20 Å². The second-order valence-corrected chi connectivity index (χ2v) is 4.54. The lowest BCUT2D eigenvalue weighted by atomic mass is 10.1. The fraction of sp³-hybridized carbons (Fsp3) is 0.133. The number of rotatable bonds is 3. The van der Waals surface area contributed by atoms with E-state index >= 15 is 0 Å². The normalized spacial score (nSPS) is 10.7. The molecule has 0 amide bonds. The first-order chi connectivity index (χ1) is 9.76. The Kier molecular flexibility index (Phi) is 3.26. The van der Waals surface area contributed by atoms with Crippen LogP contribution in [0.3, 0.4) is 0 Å². The van der Waals surface area contributed by atoms with Gasteiger partial charge in [-0.1, -0.05) is 41.1 Å². The Morgan fingerprint density at radius 3 is 2.55 bits per heavy atom. The van der Waals surface area contributed by atoms with E-state index in [0.29, 0.717) is 24.0 Å². The molecule has 0 saturated heterocycles. The van der Waals surface area contributed by atoms with E-state index in [1.807, 2.05) is 43.3 Å². The van der Waals surface area contributed by atoms with Crippen molar-refractivity contribution in [2.45, 2.75) is 13.5 Å². The van der Waals surface area contributed by atoms with Crippen molar-refractivity contribution in [2.75, 3.05) is 0 Å². The van der Waals surface area contributed by atoms with Gasteiger partial charge in [0.15, 0.2) is 0 Å². The van der Waals surface area contributed by atoms with Crippen LogP contribution in [0.15, 0.2) is 47.1 Å². The van der Waals surface area contributed by atoms with Crippen LogP contribution in [0.25, 0.3) is 23.0 Å². The predicted octanol–water partition coefficient (Wildman–Crippen LogP) is 2.57. The molecule has 0 atom stereocenters. The van der Waals surface area contributed by atoms with Crippen LogP contribution >= 0.6 is 0 Å². The molecule has 1 aromatic carbocycles. The third kappa shape index (κ3) is 2.44. The molecule has 0 aliphatic rings. The van der Waals surface area contributed by atoms with E-state index in [4.69, 9.17) is 10.3 Å². The Morgan fingerprint density at radius 2 is 1.90 bits per heavy atom. The number of nitrogens with zero attached hydrogens (tertiary/aromatic N) is 3. The van der Waals surface area contributed by atoms with Gasteiger partial charge in [-0.2, -0.15) is 4.98 Å². The SMILES string of the molecule is Cc1ccc(-c2noc(-c3ccc(CN)cn3)n2)cc1. The summed E-state index contributed by atoms with van der Waals surface area (Å²) in [6.45, 7) is 2.50. The monoisotopic (exact) mass is 266 g/mol. The highest BCUT2D eigenvalue weighted by molar-refractivity contribution is 5.58. The standard InChI is InChI=1S/C15H14N4O/c1-10-2-5-12(6-3-10)14-18-15(20-19-14)13-7-4-11(8-16)9-17-13/h2-7,9H,8,16H2,1H3. The van der Waals surface area contributed by atoms with Gasteiger partial charge in [-0.25, -0.2) is 0 Å². The van der Waals surface area contributed by atoms with E-state index in [9.17, 15) is 0 Å². The lowest BCUT2D eigenvalue weighted by molar-refractivity contribution is 0.431. The minimum atomic E-state index is 0.407. The first kappa shape index (κ1) is 12.5. The van der Waals surface area contributed by atoms with Crippen molar-refractivity contribution in [1.29, 1.82) is 0 Å². The van der Waals surface area contributed by atoms with Gasteiger partial charge in [0.05, 0.1) is 0 Å². The predicted molar refractivity (Wildman–Crippen MR) is 75.6 cm³/mol. The molecule has 0 fully saturated rings. The van der Waals surface area contributed by atoms with Crippen LogP contribution in [0.5, 0.6) is 0 Å². The molecule has 0 aliphatic heterocycles. The van der Waals surface area contributed by atoms with Gasteiger partial charge in [0.1, 0.15) is 5.69 Å². The van der Waals surface area contributed by atoms with Crippen LogP contribution in [0.4, 0.5) is 0 Å². The van der Waals surface area contributed by atoms with Crippen LogP contribution in [-0.4, -0.2) is 15.1 Å². The van der Waals surface area contributed by atoms with Gasteiger partial charge in [0, 0.05) is 18.3 Å². The average Bonchev–Trinajstić information content (AvgIpc) is 2.98. The van der Waals surface area contributed by atoms with Crippen molar-refractivity contribution in [1.82, 2.24) is 15.1 Å². The van der Waals surface area contributed by atoms with Crippen LogP contribution < -0.4 is 5.73 Å².